The average molecular weight is 272 g/mol. The summed E-state index contributed by atoms with van der Waals surface area (Å²) >= 11 is 9.25. The topological polar surface area (TPSA) is 33.1 Å². The van der Waals surface area contributed by atoms with Crippen LogP contribution in [-0.4, -0.2) is 10.1 Å². The molecular formula is C11H10ClNOS2. The zero-order valence-electron chi connectivity index (χ0n) is 8.55. The summed E-state index contributed by atoms with van der Waals surface area (Å²) in [5.74, 6) is 0. The highest BCUT2D eigenvalue weighted by Gasteiger charge is 2.08. The lowest BCUT2D eigenvalue weighted by molar-refractivity contribution is 0.199. The Morgan fingerprint density at radius 1 is 1.50 bits per heavy atom. The van der Waals surface area contributed by atoms with E-state index in [0.29, 0.717) is 5.02 Å². The van der Waals surface area contributed by atoms with Crippen LogP contribution in [0.15, 0.2) is 39.0 Å². The van der Waals surface area contributed by atoms with Gasteiger partial charge in [-0.2, -0.15) is 0 Å². The largest absolute Gasteiger partial charge is 0.389 e. The summed E-state index contributed by atoms with van der Waals surface area (Å²) in [5.41, 5.74) is 0.827. The zero-order valence-corrected chi connectivity index (χ0v) is 10.9. The first-order valence-electron chi connectivity index (χ1n) is 4.71. The van der Waals surface area contributed by atoms with Gasteiger partial charge >= 0.3 is 0 Å². The molecule has 0 radical (unpaired) electrons. The lowest BCUT2D eigenvalue weighted by atomic mass is 10.1. The van der Waals surface area contributed by atoms with Crippen molar-refractivity contribution in [1.29, 1.82) is 0 Å². The third-order valence-electron chi connectivity index (χ3n) is 2.05. The molecule has 5 heteroatoms. The van der Waals surface area contributed by atoms with Crippen LogP contribution < -0.4 is 0 Å². The predicted octanol–water partition coefficient (Wildman–Crippen LogP) is 4.00. The van der Waals surface area contributed by atoms with Gasteiger partial charge in [-0.3, -0.25) is 0 Å². The summed E-state index contributed by atoms with van der Waals surface area (Å²) in [6.07, 6.45) is 1.28. The van der Waals surface area contributed by atoms with Gasteiger partial charge in [-0.25, -0.2) is 4.98 Å². The monoisotopic (exact) mass is 271 g/mol. The quantitative estimate of drug-likeness (QED) is 0.916. The van der Waals surface area contributed by atoms with E-state index in [1.165, 1.54) is 11.8 Å². The minimum absolute atomic E-state index is 0.489. The maximum Gasteiger partial charge on any atom is 0.154 e. The van der Waals surface area contributed by atoms with E-state index in [1.807, 2.05) is 17.5 Å². The molecule has 0 bridgehead atoms. The third kappa shape index (κ3) is 2.77. The van der Waals surface area contributed by atoms with E-state index in [2.05, 4.69) is 4.98 Å². The van der Waals surface area contributed by atoms with Crippen molar-refractivity contribution in [1.82, 2.24) is 4.98 Å². The van der Waals surface area contributed by atoms with Crippen molar-refractivity contribution in [3.8, 4) is 0 Å². The molecule has 0 fully saturated rings. The van der Waals surface area contributed by atoms with Gasteiger partial charge in [-0.1, -0.05) is 29.4 Å². The molecule has 1 atom stereocenters. The maximum absolute atomic E-state index is 9.42. The van der Waals surface area contributed by atoms with Crippen molar-refractivity contribution in [3.63, 3.8) is 0 Å². The Morgan fingerprint density at radius 3 is 2.88 bits per heavy atom. The number of thiazole rings is 1. The van der Waals surface area contributed by atoms with Gasteiger partial charge in [-0.15, -0.1) is 11.3 Å². The molecule has 2 aromatic rings. The van der Waals surface area contributed by atoms with Gasteiger partial charge in [0, 0.05) is 16.5 Å². The number of aromatic nitrogens is 1. The van der Waals surface area contributed by atoms with Crippen LogP contribution in [0.3, 0.4) is 0 Å². The van der Waals surface area contributed by atoms with E-state index in [9.17, 15) is 5.11 Å². The summed E-state index contributed by atoms with van der Waals surface area (Å²) in [6, 6.07) is 5.59. The fourth-order valence-electron chi connectivity index (χ4n) is 1.21. The van der Waals surface area contributed by atoms with Crippen LogP contribution in [0.1, 0.15) is 18.6 Å². The number of nitrogens with zero attached hydrogens (tertiary/aromatic N) is 1. The van der Waals surface area contributed by atoms with Crippen LogP contribution in [0.5, 0.6) is 0 Å². The molecule has 2 rings (SSSR count). The van der Waals surface area contributed by atoms with E-state index in [0.717, 1.165) is 14.8 Å². The van der Waals surface area contributed by atoms with E-state index in [-0.39, 0.29) is 0 Å². The Balaban J connectivity index is 2.23. The van der Waals surface area contributed by atoms with E-state index in [4.69, 9.17) is 11.6 Å². The SMILES string of the molecule is CC(O)c1ccc(Sc2nccs2)c(Cl)c1. The van der Waals surface area contributed by atoms with E-state index < -0.39 is 6.10 Å². The van der Waals surface area contributed by atoms with Gasteiger partial charge in [0.2, 0.25) is 0 Å². The van der Waals surface area contributed by atoms with Crippen LogP contribution in [0.4, 0.5) is 0 Å². The van der Waals surface area contributed by atoms with Gasteiger partial charge in [-0.05, 0) is 24.6 Å². The number of hydrogen-bond donors (Lipinski definition) is 1. The summed E-state index contributed by atoms with van der Waals surface area (Å²) in [7, 11) is 0. The Morgan fingerprint density at radius 2 is 2.31 bits per heavy atom. The molecule has 1 unspecified atom stereocenters. The molecule has 0 saturated carbocycles. The second kappa shape index (κ2) is 5.19. The molecule has 1 aromatic carbocycles. The summed E-state index contributed by atoms with van der Waals surface area (Å²) in [5, 5.41) is 12.0. The molecule has 2 nitrogen and oxygen atoms in total. The molecule has 0 aliphatic carbocycles. The summed E-state index contributed by atoms with van der Waals surface area (Å²) in [6.45, 7) is 1.72. The highest BCUT2D eigenvalue weighted by molar-refractivity contribution is 8.01. The van der Waals surface area contributed by atoms with Gasteiger partial charge < -0.3 is 5.11 Å². The molecule has 16 heavy (non-hydrogen) atoms. The van der Waals surface area contributed by atoms with Crippen molar-refractivity contribution < 1.29 is 5.11 Å². The van der Waals surface area contributed by atoms with E-state index >= 15 is 0 Å². The van der Waals surface area contributed by atoms with Crippen LogP contribution in [0, 0.1) is 0 Å². The molecule has 0 saturated heterocycles. The molecule has 84 valence electrons. The molecule has 1 aromatic heterocycles. The highest BCUT2D eigenvalue weighted by atomic mass is 35.5. The van der Waals surface area contributed by atoms with Gasteiger partial charge in [0.15, 0.2) is 4.34 Å². The minimum atomic E-state index is -0.489. The Hall–Kier alpha value is -0.550. The van der Waals surface area contributed by atoms with Crippen molar-refractivity contribution in [2.45, 2.75) is 22.3 Å². The fraction of sp³-hybridized carbons (Fsp3) is 0.182. The number of aliphatic hydroxyl groups is 1. The van der Waals surface area contributed by atoms with Gasteiger partial charge in [0.25, 0.3) is 0 Å². The first-order chi connectivity index (χ1) is 7.66. The second-order valence-electron chi connectivity index (χ2n) is 3.27. The number of hydrogen-bond acceptors (Lipinski definition) is 4. The first-order valence-corrected chi connectivity index (χ1v) is 6.79. The second-order valence-corrected chi connectivity index (χ2v) is 5.86. The van der Waals surface area contributed by atoms with Gasteiger partial charge in [0.05, 0.1) is 11.1 Å². The van der Waals surface area contributed by atoms with Crippen molar-refractivity contribution in [2.24, 2.45) is 0 Å². The van der Waals surface area contributed by atoms with Crippen LogP contribution >= 0.6 is 34.7 Å². The summed E-state index contributed by atoms with van der Waals surface area (Å²) < 4.78 is 0.965. The molecule has 1 heterocycles. The third-order valence-corrected chi connectivity index (χ3v) is 4.43. The molecular weight excluding hydrogens is 262 g/mol. The normalized spacial score (nSPS) is 12.7. The Kier molecular flexibility index (Phi) is 3.86. The maximum atomic E-state index is 9.42. The lowest BCUT2D eigenvalue weighted by Crippen LogP contribution is -1.90. The number of aliphatic hydroxyl groups excluding tert-OH is 1. The lowest BCUT2D eigenvalue weighted by Gasteiger charge is -2.07. The van der Waals surface area contributed by atoms with Crippen molar-refractivity contribution in [3.05, 3.63) is 40.4 Å². The zero-order chi connectivity index (χ0) is 11.5. The van der Waals surface area contributed by atoms with Gasteiger partial charge in [0.1, 0.15) is 0 Å². The van der Waals surface area contributed by atoms with Crippen molar-refractivity contribution >= 4 is 34.7 Å². The minimum Gasteiger partial charge on any atom is -0.389 e. The highest BCUT2D eigenvalue weighted by Crippen LogP contribution is 2.35. The standard InChI is InChI=1S/C11H10ClNOS2/c1-7(14)8-2-3-10(9(12)6-8)16-11-13-4-5-15-11/h2-7,14H,1H3. The predicted molar refractivity (Wildman–Crippen MR) is 68.3 cm³/mol. The van der Waals surface area contributed by atoms with Crippen LogP contribution in [0.25, 0.3) is 0 Å². The van der Waals surface area contributed by atoms with Crippen LogP contribution in [-0.2, 0) is 0 Å². The number of halogens is 1. The fourth-order valence-corrected chi connectivity index (χ4v) is 3.10. The van der Waals surface area contributed by atoms with Crippen LogP contribution in [0.2, 0.25) is 5.02 Å². The summed E-state index contributed by atoms with van der Waals surface area (Å²) in [4.78, 5) is 5.14. The Bertz CT molecular complexity index is 471. The number of rotatable bonds is 3. The first kappa shape index (κ1) is 11.9. The molecule has 0 aliphatic rings. The van der Waals surface area contributed by atoms with Crippen molar-refractivity contribution in [2.75, 3.05) is 0 Å². The number of benzene rings is 1. The average Bonchev–Trinajstić information content (AvgIpc) is 2.73. The molecule has 0 spiro atoms. The smallest absolute Gasteiger partial charge is 0.154 e. The molecule has 0 aliphatic heterocycles. The van der Waals surface area contributed by atoms with E-state index in [1.54, 1.807) is 30.5 Å². The molecule has 0 amide bonds. The molecule has 1 N–H and O–H groups in total. The Labute approximate surface area is 107 Å².